The Morgan fingerprint density at radius 1 is 0.809 bits per heavy atom. The SMILES string of the molecule is Cc1cccc(COc2cc(OCc3cccc(-c4ccc5c(c4)OCCO5)c3C)c(Cl)cc2CNC[C@H](O)C[C@H](O)[C@H](O)CO)c1. The number of aliphatic hydroxyl groups excluding tert-OH is 4. The van der Waals surface area contributed by atoms with E-state index in [4.69, 9.17) is 35.7 Å². The number of nitrogens with one attached hydrogen (secondary N) is 1. The second-order valence-electron chi connectivity index (χ2n) is 11.7. The van der Waals surface area contributed by atoms with E-state index >= 15 is 0 Å². The Bertz CT molecular complexity index is 1650. The van der Waals surface area contributed by atoms with E-state index in [0.29, 0.717) is 42.9 Å². The van der Waals surface area contributed by atoms with Crippen LogP contribution in [-0.2, 0) is 19.8 Å². The summed E-state index contributed by atoms with van der Waals surface area (Å²) in [4.78, 5) is 0. The molecule has 5 rings (SSSR count). The van der Waals surface area contributed by atoms with Crippen molar-refractivity contribution in [2.45, 2.75) is 58.3 Å². The third kappa shape index (κ3) is 9.16. The van der Waals surface area contributed by atoms with Gasteiger partial charge in [-0.15, -0.1) is 0 Å². The molecule has 3 atom stereocenters. The van der Waals surface area contributed by atoms with Crippen molar-refractivity contribution in [2.75, 3.05) is 26.4 Å². The molecule has 47 heavy (non-hydrogen) atoms. The van der Waals surface area contributed by atoms with E-state index in [1.165, 1.54) is 0 Å². The standard InChI is InChI=1S/C37H42ClNO8/c1-23-5-3-6-25(13-23)21-46-35-17-36(31(38)14-28(35)18-39-19-29(41)16-32(42)33(43)20-40)47-22-27-7-4-8-30(24(27)2)26-9-10-34-37(15-26)45-12-11-44-34/h3-10,13-15,17,29,32-33,39-43H,11-12,16,18-22H2,1-2H3/t29-,32+,33-/m1/s1. The molecule has 0 fully saturated rings. The van der Waals surface area contributed by atoms with Gasteiger partial charge in [0.1, 0.15) is 44.0 Å². The quantitative estimate of drug-likeness (QED) is 0.118. The highest BCUT2D eigenvalue weighted by Crippen LogP contribution is 2.37. The van der Waals surface area contributed by atoms with Crippen molar-refractivity contribution in [2.24, 2.45) is 0 Å². The predicted molar refractivity (Wildman–Crippen MR) is 180 cm³/mol. The van der Waals surface area contributed by atoms with E-state index in [1.54, 1.807) is 12.1 Å². The largest absolute Gasteiger partial charge is 0.488 e. The highest BCUT2D eigenvalue weighted by molar-refractivity contribution is 6.32. The molecule has 10 heteroatoms. The van der Waals surface area contributed by atoms with Crippen LogP contribution in [-0.4, -0.2) is 65.1 Å². The number of aryl methyl sites for hydroxylation is 1. The first-order valence-electron chi connectivity index (χ1n) is 15.7. The summed E-state index contributed by atoms with van der Waals surface area (Å²) in [5.74, 6) is 2.53. The number of halogens is 1. The van der Waals surface area contributed by atoms with Crippen LogP contribution in [0.5, 0.6) is 23.0 Å². The van der Waals surface area contributed by atoms with Crippen molar-refractivity contribution < 1.29 is 39.4 Å². The summed E-state index contributed by atoms with van der Waals surface area (Å²) < 4.78 is 24.0. The number of benzene rings is 4. The van der Waals surface area contributed by atoms with Gasteiger partial charge in [0.15, 0.2) is 11.5 Å². The molecule has 1 aliphatic rings. The molecular weight excluding hydrogens is 622 g/mol. The zero-order chi connectivity index (χ0) is 33.3. The highest BCUT2D eigenvalue weighted by atomic mass is 35.5. The number of rotatable bonds is 15. The van der Waals surface area contributed by atoms with E-state index in [9.17, 15) is 15.3 Å². The lowest BCUT2D eigenvalue weighted by molar-refractivity contribution is -0.0359. The molecule has 0 unspecified atom stereocenters. The number of hydrogen-bond donors (Lipinski definition) is 5. The Morgan fingerprint density at radius 2 is 1.57 bits per heavy atom. The van der Waals surface area contributed by atoms with Crippen LogP contribution in [0.25, 0.3) is 11.1 Å². The van der Waals surface area contributed by atoms with Crippen LogP contribution in [0.3, 0.4) is 0 Å². The van der Waals surface area contributed by atoms with E-state index in [0.717, 1.165) is 50.4 Å². The summed E-state index contributed by atoms with van der Waals surface area (Å²) >= 11 is 6.73. The summed E-state index contributed by atoms with van der Waals surface area (Å²) in [5.41, 5.74) is 7.08. The zero-order valence-electron chi connectivity index (χ0n) is 26.6. The van der Waals surface area contributed by atoms with E-state index in [2.05, 4.69) is 24.4 Å². The summed E-state index contributed by atoms with van der Waals surface area (Å²) in [5, 5.41) is 42.4. The molecule has 4 aromatic carbocycles. The minimum atomic E-state index is -1.31. The Kier molecular flexibility index (Phi) is 12.0. The molecule has 0 amide bonds. The molecule has 0 bridgehead atoms. The molecule has 1 heterocycles. The van der Waals surface area contributed by atoms with Crippen molar-refractivity contribution in [3.63, 3.8) is 0 Å². The maximum absolute atomic E-state index is 10.3. The summed E-state index contributed by atoms with van der Waals surface area (Å²) in [7, 11) is 0. The van der Waals surface area contributed by atoms with E-state index < -0.39 is 24.9 Å². The van der Waals surface area contributed by atoms with E-state index in [1.807, 2.05) is 55.5 Å². The fourth-order valence-electron chi connectivity index (χ4n) is 5.46. The van der Waals surface area contributed by atoms with Crippen molar-refractivity contribution in [3.8, 4) is 34.1 Å². The molecule has 1 aliphatic heterocycles. The van der Waals surface area contributed by atoms with Gasteiger partial charge >= 0.3 is 0 Å². The third-order valence-electron chi connectivity index (χ3n) is 8.11. The molecule has 0 aliphatic carbocycles. The minimum Gasteiger partial charge on any atom is -0.488 e. The lowest BCUT2D eigenvalue weighted by Crippen LogP contribution is -2.36. The summed E-state index contributed by atoms with van der Waals surface area (Å²) in [6.07, 6.45) is -3.57. The number of fused-ring (bicyclic) bond motifs is 1. The van der Waals surface area contributed by atoms with Gasteiger partial charge in [0.2, 0.25) is 0 Å². The van der Waals surface area contributed by atoms with Gasteiger partial charge in [0.25, 0.3) is 0 Å². The van der Waals surface area contributed by atoms with Gasteiger partial charge in [-0.2, -0.15) is 0 Å². The van der Waals surface area contributed by atoms with Gasteiger partial charge in [-0.3, -0.25) is 0 Å². The van der Waals surface area contributed by atoms with Gasteiger partial charge in [0.05, 0.1) is 23.8 Å². The first-order valence-corrected chi connectivity index (χ1v) is 16.1. The molecule has 0 saturated carbocycles. The minimum absolute atomic E-state index is 0.0890. The van der Waals surface area contributed by atoms with Gasteiger partial charge < -0.3 is 44.7 Å². The Labute approximate surface area is 280 Å². The molecule has 9 nitrogen and oxygen atoms in total. The lowest BCUT2D eigenvalue weighted by Gasteiger charge is -2.20. The first kappa shape index (κ1) is 34.5. The van der Waals surface area contributed by atoms with Gasteiger partial charge in [-0.25, -0.2) is 0 Å². The van der Waals surface area contributed by atoms with Crippen LogP contribution in [0.15, 0.2) is 72.8 Å². The molecule has 250 valence electrons. The van der Waals surface area contributed by atoms with Gasteiger partial charge in [0, 0.05) is 31.1 Å². The van der Waals surface area contributed by atoms with Crippen LogP contribution in [0.1, 0.15) is 34.2 Å². The van der Waals surface area contributed by atoms with Crippen LogP contribution in [0, 0.1) is 13.8 Å². The molecule has 0 aromatic heterocycles. The normalized spacial score (nSPS) is 14.4. The molecule has 0 saturated heterocycles. The zero-order valence-corrected chi connectivity index (χ0v) is 27.4. The Morgan fingerprint density at radius 3 is 2.36 bits per heavy atom. The average Bonchev–Trinajstić information content (AvgIpc) is 3.07. The maximum atomic E-state index is 10.3. The van der Waals surface area contributed by atoms with Crippen molar-refractivity contribution in [1.82, 2.24) is 5.32 Å². The fourth-order valence-corrected chi connectivity index (χ4v) is 5.70. The molecule has 5 N–H and O–H groups in total. The number of aliphatic hydroxyl groups is 4. The molecular formula is C37H42ClNO8. The third-order valence-corrected chi connectivity index (χ3v) is 8.41. The smallest absolute Gasteiger partial charge is 0.161 e. The Hall–Kier alpha value is -3.83. The van der Waals surface area contributed by atoms with E-state index in [-0.39, 0.29) is 19.6 Å². The van der Waals surface area contributed by atoms with Gasteiger partial charge in [-0.05, 0) is 59.9 Å². The average molecular weight is 664 g/mol. The number of hydrogen-bond acceptors (Lipinski definition) is 9. The van der Waals surface area contributed by atoms with Crippen molar-refractivity contribution >= 4 is 11.6 Å². The van der Waals surface area contributed by atoms with Crippen LogP contribution < -0.4 is 24.3 Å². The van der Waals surface area contributed by atoms with Crippen LogP contribution in [0.4, 0.5) is 0 Å². The topological polar surface area (TPSA) is 130 Å². The summed E-state index contributed by atoms with van der Waals surface area (Å²) in [6.45, 7) is 5.65. The molecule has 0 spiro atoms. The van der Waals surface area contributed by atoms with Crippen molar-refractivity contribution in [3.05, 3.63) is 106 Å². The number of ether oxygens (including phenoxy) is 4. The Balaban J connectivity index is 1.31. The maximum Gasteiger partial charge on any atom is 0.161 e. The summed E-state index contributed by atoms with van der Waals surface area (Å²) in [6, 6.07) is 23.7. The second kappa shape index (κ2) is 16.3. The fraction of sp³-hybridized carbons (Fsp3) is 0.351. The highest BCUT2D eigenvalue weighted by Gasteiger charge is 2.20. The van der Waals surface area contributed by atoms with Crippen LogP contribution >= 0.6 is 11.6 Å². The van der Waals surface area contributed by atoms with Crippen molar-refractivity contribution in [1.29, 1.82) is 0 Å². The second-order valence-corrected chi connectivity index (χ2v) is 12.1. The monoisotopic (exact) mass is 663 g/mol. The molecule has 0 radical (unpaired) electrons. The first-order chi connectivity index (χ1) is 22.7. The predicted octanol–water partition coefficient (Wildman–Crippen LogP) is 5.11. The lowest BCUT2D eigenvalue weighted by atomic mass is 9.96. The van der Waals surface area contributed by atoms with Crippen LogP contribution in [0.2, 0.25) is 5.02 Å². The molecule has 4 aromatic rings. The van der Waals surface area contributed by atoms with Gasteiger partial charge in [-0.1, -0.05) is 65.7 Å².